The highest BCUT2D eigenvalue weighted by Crippen LogP contribution is 2.26. The van der Waals surface area contributed by atoms with Crippen LogP contribution in [0.15, 0.2) is 51.9 Å². The molecule has 0 saturated heterocycles. The summed E-state index contributed by atoms with van der Waals surface area (Å²) in [5.41, 5.74) is 4.96. The number of amides is 2. The molecule has 0 bridgehead atoms. The van der Waals surface area contributed by atoms with Gasteiger partial charge < -0.3 is 9.15 Å². The van der Waals surface area contributed by atoms with Crippen LogP contribution in [0.25, 0.3) is 11.0 Å². The normalized spacial score (nSPS) is 10.4. The SMILES string of the molecule is CCc1cc2cc(C(=O)NNC(=O)c3ccncc3)c(=O)oc2cc1OC. The van der Waals surface area contributed by atoms with Gasteiger partial charge in [-0.3, -0.25) is 25.4 Å². The van der Waals surface area contributed by atoms with Gasteiger partial charge in [-0.2, -0.15) is 0 Å². The monoisotopic (exact) mass is 367 g/mol. The van der Waals surface area contributed by atoms with Crippen molar-refractivity contribution in [1.29, 1.82) is 0 Å². The Morgan fingerprint density at radius 2 is 1.81 bits per heavy atom. The van der Waals surface area contributed by atoms with E-state index in [9.17, 15) is 14.4 Å². The van der Waals surface area contributed by atoms with Gasteiger partial charge in [0.25, 0.3) is 11.8 Å². The number of aryl methyl sites for hydroxylation is 1. The molecule has 2 aromatic heterocycles. The number of ether oxygens (including phenoxy) is 1. The highest BCUT2D eigenvalue weighted by molar-refractivity contribution is 6.00. The number of aromatic nitrogens is 1. The lowest BCUT2D eigenvalue weighted by molar-refractivity contribution is 0.0844. The summed E-state index contributed by atoms with van der Waals surface area (Å²) in [4.78, 5) is 40.2. The molecule has 0 aliphatic rings. The Hall–Kier alpha value is -3.68. The average molecular weight is 367 g/mol. The van der Waals surface area contributed by atoms with Crippen molar-refractivity contribution in [3.8, 4) is 5.75 Å². The molecule has 0 saturated carbocycles. The van der Waals surface area contributed by atoms with Crippen molar-refractivity contribution in [3.63, 3.8) is 0 Å². The first-order chi connectivity index (χ1) is 13.0. The number of hydrogen-bond donors (Lipinski definition) is 2. The molecule has 8 heteroatoms. The van der Waals surface area contributed by atoms with Gasteiger partial charge in [-0.05, 0) is 36.2 Å². The zero-order valence-electron chi connectivity index (χ0n) is 14.7. The van der Waals surface area contributed by atoms with Crippen LogP contribution >= 0.6 is 0 Å². The van der Waals surface area contributed by atoms with Gasteiger partial charge in [-0.1, -0.05) is 6.92 Å². The number of rotatable bonds is 4. The number of nitrogens with one attached hydrogen (secondary N) is 2. The number of carbonyl (C=O) groups excluding carboxylic acids is 2. The summed E-state index contributed by atoms with van der Waals surface area (Å²) < 4.78 is 10.5. The molecule has 3 aromatic rings. The quantitative estimate of drug-likeness (QED) is 0.538. The van der Waals surface area contributed by atoms with E-state index < -0.39 is 17.4 Å². The topological polar surface area (TPSA) is 111 Å². The molecule has 2 heterocycles. The fraction of sp³-hybridized carbons (Fsp3) is 0.158. The van der Waals surface area contributed by atoms with Gasteiger partial charge in [0, 0.05) is 29.4 Å². The molecule has 3 rings (SSSR count). The highest BCUT2D eigenvalue weighted by atomic mass is 16.5. The minimum Gasteiger partial charge on any atom is -0.496 e. The number of hydrazine groups is 1. The van der Waals surface area contributed by atoms with Crippen LogP contribution in [0.4, 0.5) is 0 Å². The lowest BCUT2D eigenvalue weighted by atomic mass is 10.1. The van der Waals surface area contributed by atoms with Crippen molar-refractivity contribution in [2.45, 2.75) is 13.3 Å². The van der Waals surface area contributed by atoms with E-state index in [0.717, 1.165) is 5.56 Å². The van der Waals surface area contributed by atoms with Crippen LogP contribution in [-0.2, 0) is 6.42 Å². The van der Waals surface area contributed by atoms with Crippen molar-refractivity contribution in [3.05, 3.63) is 69.8 Å². The summed E-state index contributed by atoms with van der Waals surface area (Å²) in [7, 11) is 1.53. The van der Waals surface area contributed by atoms with Gasteiger partial charge in [-0.25, -0.2) is 4.79 Å². The second-order valence-electron chi connectivity index (χ2n) is 5.65. The molecule has 0 aliphatic carbocycles. The fourth-order valence-corrected chi connectivity index (χ4v) is 2.58. The van der Waals surface area contributed by atoms with Crippen LogP contribution < -0.4 is 21.2 Å². The highest BCUT2D eigenvalue weighted by Gasteiger charge is 2.16. The molecular formula is C19H17N3O5. The molecule has 0 fully saturated rings. The van der Waals surface area contributed by atoms with Crippen molar-refractivity contribution < 1.29 is 18.7 Å². The van der Waals surface area contributed by atoms with Crippen molar-refractivity contribution in [2.24, 2.45) is 0 Å². The maximum absolute atomic E-state index is 12.3. The van der Waals surface area contributed by atoms with Gasteiger partial charge in [0.05, 0.1) is 7.11 Å². The van der Waals surface area contributed by atoms with E-state index in [4.69, 9.17) is 9.15 Å². The van der Waals surface area contributed by atoms with Crippen LogP contribution in [0, 0.1) is 0 Å². The van der Waals surface area contributed by atoms with Crippen LogP contribution in [0.3, 0.4) is 0 Å². The Bertz CT molecular complexity index is 1060. The maximum atomic E-state index is 12.3. The molecule has 8 nitrogen and oxygen atoms in total. The van der Waals surface area contributed by atoms with Crippen LogP contribution in [0.2, 0.25) is 0 Å². The lowest BCUT2D eigenvalue weighted by Gasteiger charge is -2.09. The number of hydrogen-bond acceptors (Lipinski definition) is 6. The van der Waals surface area contributed by atoms with E-state index in [2.05, 4.69) is 15.8 Å². The summed E-state index contributed by atoms with van der Waals surface area (Å²) >= 11 is 0. The Labute approximate surface area is 154 Å². The molecule has 0 spiro atoms. The van der Waals surface area contributed by atoms with Crippen LogP contribution in [0.1, 0.15) is 33.2 Å². The molecule has 2 amide bonds. The second kappa shape index (κ2) is 7.69. The van der Waals surface area contributed by atoms with Gasteiger partial charge in [0.2, 0.25) is 0 Å². The summed E-state index contributed by atoms with van der Waals surface area (Å²) in [6, 6.07) is 7.82. The maximum Gasteiger partial charge on any atom is 0.349 e. The van der Waals surface area contributed by atoms with Crippen molar-refractivity contribution in [2.75, 3.05) is 7.11 Å². The third-order valence-electron chi connectivity index (χ3n) is 3.99. The average Bonchev–Trinajstić information content (AvgIpc) is 2.70. The second-order valence-corrected chi connectivity index (χ2v) is 5.65. The molecular weight excluding hydrogens is 350 g/mol. The first-order valence-corrected chi connectivity index (χ1v) is 8.19. The van der Waals surface area contributed by atoms with Gasteiger partial charge in [-0.15, -0.1) is 0 Å². The fourth-order valence-electron chi connectivity index (χ4n) is 2.58. The predicted octanol–water partition coefficient (Wildman–Crippen LogP) is 1.83. The Kier molecular flexibility index (Phi) is 5.16. The first-order valence-electron chi connectivity index (χ1n) is 8.19. The number of carbonyl (C=O) groups is 2. The number of pyridine rings is 1. The smallest absolute Gasteiger partial charge is 0.349 e. The first kappa shape index (κ1) is 18.1. The summed E-state index contributed by atoms with van der Waals surface area (Å²) in [6.45, 7) is 1.96. The number of benzene rings is 1. The summed E-state index contributed by atoms with van der Waals surface area (Å²) in [6.07, 6.45) is 3.62. The lowest BCUT2D eigenvalue weighted by Crippen LogP contribution is -2.43. The third kappa shape index (κ3) is 3.79. The van der Waals surface area contributed by atoms with E-state index >= 15 is 0 Å². The Morgan fingerprint density at radius 3 is 2.48 bits per heavy atom. The minimum absolute atomic E-state index is 0.218. The van der Waals surface area contributed by atoms with Crippen LogP contribution in [-0.4, -0.2) is 23.9 Å². The molecule has 138 valence electrons. The van der Waals surface area contributed by atoms with E-state index in [1.165, 1.54) is 37.7 Å². The molecule has 0 radical (unpaired) electrons. The molecule has 0 aliphatic heterocycles. The van der Waals surface area contributed by atoms with Gasteiger partial charge in [0.1, 0.15) is 16.9 Å². The minimum atomic E-state index is -0.815. The van der Waals surface area contributed by atoms with Crippen molar-refractivity contribution in [1.82, 2.24) is 15.8 Å². The van der Waals surface area contributed by atoms with Crippen molar-refractivity contribution >= 4 is 22.8 Å². The standard InChI is InChI=1S/C19H17N3O5/c1-3-11-8-13-9-14(19(25)27-16(13)10-15(11)26-2)18(24)22-21-17(23)12-4-6-20-7-5-12/h4-10H,3H2,1-2H3,(H,21,23)(H,22,24). The van der Waals surface area contributed by atoms with E-state index in [0.29, 0.717) is 28.7 Å². The number of methoxy groups -OCH3 is 1. The molecule has 27 heavy (non-hydrogen) atoms. The Morgan fingerprint density at radius 1 is 1.11 bits per heavy atom. The van der Waals surface area contributed by atoms with E-state index in [1.54, 1.807) is 12.1 Å². The molecule has 1 aromatic carbocycles. The van der Waals surface area contributed by atoms with Gasteiger partial charge in [0.15, 0.2) is 0 Å². The molecule has 0 unspecified atom stereocenters. The molecule has 0 atom stereocenters. The van der Waals surface area contributed by atoms with E-state index in [-0.39, 0.29) is 5.56 Å². The van der Waals surface area contributed by atoms with Crippen LogP contribution in [0.5, 0.6) is 5.75 Å². The molecule has 2 N–H and O–H groups in total. The zero-order chi connectivity index (χ0) is 19.4. The summed E-state index contributed by atoms with van der Waals surface area (Å²) in [5.74, 6) is -0.703. The summed E-state index contributed by atoms with van der Waals surface area (Å²) in [5, 5.41) is 0.581. The third-order valence-corrected chi connectivity index (χ3v) is 3.99. The van der Waals surface area contributed by atoms with Gasteiger partial charge >= 0.3 is 5.63 Å². The Balaban J connectivity index is 1.85. The van der Waals surface area contributed by atoms with E-state index in [1.807, 2.05) is 6.92 Å². The largest absolute Gasteiger partial charge is 0.496 e. The number of nitrogens with zero attached hydrogens (tertiary/aromatic N) is 1. The zero-order valence-corrected chi connectivity index (χ0v) is 14.7. The predicted molar refractivity (Wildman–Crippen MR) is 97.6 cm³/mol. The number of fused-ring (bicyclic) bond motifs is 1.